The fourth-order valence-electron chi connectivity index (χ4n) is 4.73. The van der Waals surface area contributed by atoms with E-state index >= 15 is 0 Å². The largest absolute Gasteiger partial charge is 0.325 e. The Hall–Kier alpha value is -1.86. The Balaban J connectivity index is 1.60. The van der Waals surface area contributed by atoms with E-state index in [1.54, 1.807) is 0 Å². The van der Waals surface area contributed by atoms with Crippen molar-refractivity contribution in [2.45, 2.75) is 50.0 Å². The molecule has 2 fully saturated rings. The number of fused-ring (bicyclic) bond motifs is 2. The molecule has 1 saturated heterocycles. The molecule has 0 unspecified atom stereocenters. The number of hydrogen-bond donors (Lipinski definition) is 1. The molecule has 4 heteroatoms. The zero-order valence-corrected chi connectivity index (χ0v) is 13.4. The molecule has 0 aromatic heterocycles. The minimum atomic E-state index is -0.522. The van der Waals surface area contributed by atoms with E-state index in [1.807, 2.05) is 24.3 Å². The van der Waals surface area contributed by atoms with Crippen LogP contribution < -0.4 is 5.32 Å². The number of para-hydroxylation sites is 1. The van der Waals surface area contributed by atoms with Gasteiger partial charge in [0.25, 0.3) is 0 Å². The summed E-state index contributed by atoms with van der Waals surface area (Å²) in [6.07, 6.45) is 7.13. The summed E-state index contributed by atoms with van der Waals surface area (Å²) in [5.41, 5.74) is 1.48. The van der Waals surface area contributed by atoms with Crippen LogP contribution in [0.2, 0.25) is 0 Å². The Morgan fingerprint density at radius 1 is 1.26 bits per heavy atom. The number of nitrogens with one attached hydrogen (secondary N) is 1. The number of benzene rings is 1. The fraction of sp³-hybridized carbons (Fsp3) is 0.579. The number of hydrogen-bond acceptors (Lipinski definition) is 3. The molecule has 4 nitrogen and oxygen atoms in total. The van der Waals surface area contributed by atoms with Gasteiger partial charge in [-0.2, -0.15) is 5.26 Å². The summed E-state index contributed by atoms with van der Waals surface area (Å²) in [5, 5.41) is 12.6. The Kier molecular flexibility index (Phi) is 3.61. The molecule has 3 aliphatic rings. The first-order valence-electron chi connectivity index (χ1n) is 8.77. The molecule has 4 rings (SSSR count). The summed E-state index contributed by atoms with van der Waals surface area (Å²) in [6, 6.07) is 10.3. The topological polar surface area (TPSA) is 56.1 Å². The van der Waals surface area contributed by atoms with E-state index in [4.69, 9.17) is 0 Å². The number of nitrogens with zero attached hydrogens (tertiary/aromatic N) is 2. The summed E-state index contributed by atoms with van der Waals surface area (Å²) >= 11 is 0. The second-order valence-electron chi connectivity index (χ2n) is 7.36. The van der Waals surface area contributed by atoms with Crippen LogP contribution in [0.25, 0.3) is 0 Å². The van der Waals surface area contributed by atoms with Crippen molar-refractivity contribution in [2.24, 2.45) is 5.92 Å². The van der Waals surface area contributed by atoms with Gasteiger partial charge in [-0.3, -0.25) is 9.69 Å². The highest BCUT2D eigenvalue weighted by Crippen LogP contribution is 2.46. The number of carbonyl (C=O) groups is 1. The number of rotatable bonds is 2. The van der Waals surface area contributed by atoms with E-state index in [0.29, 0.717) is 18.9 Å². The van der Waals surface area contributed by atoms with Crippen molar-refractivity contribution >= 4 is 11.6 Å². The van der Waals surface area contributed by atoms with Crippen LogP contribution in [0.1, 0.15) is 44.1 Å². The van der Waals surface area contributed by atoms with Gasteiger partial charge in [-0.25, -0.2) is 0 Å². The summed E-state index contributed by atoms with van der Waals surface area (Å²) in [7, 11) is 0. The first-order chi connectivity index (χ1) is 11.2. The average molecular weight is 309 g/mol. The molecule has 1 spiro atoms. The minimum absolute atomic E-state index is 0.0742. The molecule has 2 heterocycles. The number of anilines is 1. The molecular weight excluding hydrogens is 286 g/mol. The van der Waals surface area contributed by atoms with Gasteiger partial charge in [0, 0.05) is 18.8 Å². The van der Waals surface area contributed by atoms with Crippen LogP contribution in [-0.2, 0) is 10.2 Å². The van der Waals surface area contributed by atoms with Crippen LogP contribution in [-0.4, -0.2) is 29.9 Å². The van der Waals surface area contributed by atoms with Gasteiger partial charge in [0.2, 0.25) is 5.91 Å². The maximum atomic E-state index is 12.7. The van der Waals surface area contributed by atoms with Gasteiger partial charge in [0.15, 0.2) is 0 Å². The maximum absolute atomic E-state index is 12.7. The summed E-state index contributed by atoms with van der Waals surface area (Å²) in [5.74, 6) is 0.763. The van der Waals surface area contributed by atoms with Crippen molar-refractivity contribution in [3.05, 3.63) is 29.8 Å². The third-order valence-electron chi connectivity index (χ3n) is 5.95. The molecule has 0 bridgehead atoms. The maximum Gasteiger partial charge on any atom is 0.236 e. The third kappa shape index (κ3) is 2.35. The smallest absolute Gasteiger partial charge is 0.236 e. The Labute approximate surface area is 137 Å². The summed E-state index contributed by atoms with van der Waals surface area (Å²) in [4.78, 5) is 15.0. The highest BCUT2D eigenvalue weighted by atomic mass is 16.2. The molecule has 1 saturated carbocycles. The number of amides is 1. The van der Waals surface area contributed by atoms with Crippen LogP contribution in [0.4, 0.5) is 5.69 Å². The molecule has 1 N–H and O–H groups in total. The van der Waals surface area contributed by atoms with Crippen LogP contribution in [0.15, 0.2) is 24.3 Å². The highest BCUT2D eigenvalue weighted by molar-refractivity contribution is 6.06. The van der Waals surface area contributed by atoms with Crippen molar-refractivity contribution in [3.63, 3.8) is 0 Å². The van der Waals surface area contributed by atoms with Crippen molar-refractivity contribution < 1.29 is 4.79 Å². The Bertz CT molecular complexity index is 659. The quantitative estimate of drug-likeness (QED) is 0.913. The standard InChI is InChI=1S/C19H23N3O/c20-11-15-10-19(13-22(15)12-14-6-2-1-3-7-14)16-8-4-5-9-17(16)21-18(19)23/h4-5,8-9,14-15H,1-3,6-7,10,12-13H2,(H,21,23)/t15-,19-/m0/s1. The molecule has 2 aliphatic heterocycles. The van der Waals surface area contributed by atoms with E-state index < -0.39 is 5.41 Å². The zero-order chi connectivity index (χ0) is 15.9. The second kappa shape index (κ2) is 5.65. The van der Waals surface area contributed by atoms with Gasteiger partial charge >= 0.3 is 0 Å². The number of likely N-dealkylation sites (tertiary alicyclic amines) is 1. The number of nitriles is 1. The average Bonchev–Trinajstić information content (AvgIpc) is 3.08. The minimum Gasteiger partial charge on any atom is -0.325 e. The van der Waals surface area contributed by atoms with Crippen LogP contribution >= 0.6 is 0 Å². The van der Waals surface area contributed by atoms with E-state index in [0.717, 1.165) is 17.8 Å². The molecule has 120 valence electrons. The normalized spacial score (nSPS) is 31.1. The van der Waals surface area contributed by atoms with Gasteiger partial charge in [0.05, 0.1) is 17.5 Å². The zero-order valence-electron chi connectivity index (χ0n) is 13.4. The van der Waals surface area contributed by atoms with Gasteiger partial charge in [-0.1, -0.05) is 37.5 Å². The fourth-order valence-corrected chi connectivity index (χ4v) is 4.73. The summed E-state index contributed by atoms with van der Waals surface area (Å²) in [6.45, 7) is 1.65. The monoisotopic (exact) mass is 309 g/mol. The Morgan fingerprint density at radius 2 is 2.04 bits per heavy atom. The lowest BCUT2D eigenvalue weighted by Gasteiger charge is -2.29. The van der Waals surface area contributed by atoms with Crippen molar-refractivity contribution in [2.75, 3.05) is 18.4 Å². The summed E-state index contributed by atoms with van der Waals surface area (Å²) < 4.78 is 0. The predicted octanol–water partition coefficient (Wildman–Crippen LogP) is 3.05. The molecule has 1 aromatic carbocycles. The number of carbonyl (C=O) groups excluding carboxylic acids is 1. The third-order valence-corrected chi connectivity index (χ3v) is 5.95. The van der Waals surface area contributed by atoms with E-state index in [2.05, 4.69) is 16.3 Å². The Morgan fingerprint density at radius 3 is 2.83 bits per heavy atom. The molecule has 1 aromatic rings. The molecule has 1 aliphatic carbocycles. The highest BCUT2D eigenvalue weighted by Gasteiger charge is 2.54. The van der Waals surface area contributed by atoms with Gasteiger partial charge in [-0.15, -0.1) is 0 Å². The van der Waals surface area contributed by atoms with E-state index in [1.165, 1.54) is 32.1 Å². The molecule has 2 atom stereocenters. The molecule has 23 heavy (non-hydrogen) atoms. The lowest BCUT2D eigenvalue weighted by atomic mass is 9.80. The van der Waals surface area contributed by atoms with E-state index in [-0.39, 0.29) is 11.9 Å². The van der Waals surface area contributed by atoms with Crippen molar-refractivity contribution in [3.8, 4) is 6.07 Å². The molecule has 0 radical (unpaired) electrons. The van der Waals surface area contributed by atoms with Crippen molar-refractivity contribution in [1.29, 1.82) is 5.26 Å². The van der Waals surface area contributed by atoms with Crippen LogP contribution in [0, 0.1) is 17.2 Å². The predicted molar refractivity (Wildman–Crippen MR) is 88.9 cm³/mol. The first-order valence-corrected chi connectivity index (χ1v) is 8.77. The second-order valence-corrected chi connectivity index (χ2v) is 7.36. The van der Waals surface area contributed by atoms with Gasteiger partial charge in [0.1, 0.15) is 0 Å². The SMILES string of the molecule is N#C[C@@H]1C[C@@]2(CN1CC1CCCCC1)C(=O)Nc1ccccc12. The van der Waals surface area contributed by atoms with Gasteiger partial charge in [-0.05, 0) is 36.8 Å². The van der Waals surface area contributed by atoms with Gasteiger partial charge < -0.3 is 5.32 Å². The van der Waals surface area contributed by atoms with Crippen LogP contribution in [0.3, 0.4) is 0 Å². The first kappa shape index (κ1) is 14.7. The molecular formula is C19H23N3O. The van der Waals surface area contributed by atoms with E-state index in [9.17, 15) is 10.1 Å². The lowest BCUT2D eigenvalue weighted by Crippen LogP contribution is -2.39. The van der Waals surface area contributed by atoms with Crippen LogP contribution in [0.5, 0.6) is 0 Å². The molecule has 1 amide bonds. The lowest BCUT2D eigenvalue weighted by molar-refractivity contribution is -0.120. The van der Waals surface area contributed by atoms with Crippen molar-refractivity contribution in [1.82, 2.24) is 4.90 Å².